The van der Waals surface area contributed by atoms with Crippen molar-refractivity contribution in [2.45, 2.75) is 22.8 Å². The van der Waals surface area contributed by atoms with E-state index in [1.54, 1.807) is 6.92 Å². The maximum Gasteiger partial charge on any atom is 0.336 e. The summed E-state index contributed by atoms with van der Waals surface area (Å²) in [6, 6.07) is 2.06. The molecule has 0 saturated carbocycles. The second-order valence-electron chi connectivity index (χ2n) is 3.90. The smallest absolute Gasteiger partial charge is 0.336 e. The van der Waals surface area contributed by atoms with E-state index >= 15 is 0 Å². The van der Waals surface area contributed by atoms with Crippen LogP contribution in [-0.2, 0) is 20.8 Å². The first-order valence-electron chi connectivity index (χ1n) is 5.16. The number of carbonyl (C=O) groups is 1. The Morgan fingerprint density at radius 1 is 1.42 bits per heavy atom. The van der Waals surface area contributed by atoms with Gasteiger partial charge in [0.05, 0.1) is 10.5 Å². The molecule has 0 fully saturated rings. The van der Waals surface area contributed by atoms with Crippen LogP contribution in [0.4, 0.5) is 4.39 Å². The van der Waals surface area contributed by atoms with E-state index < -0.39 is 30.9 Å². The molecule has 0 aliphatic heterocycles. The van der Waals surface area contributed by atoms with Crippen LogP contribution in [0.5, 0.6) is 0 Å². The number of hydrogen-bond donors (Lipinski definition) is 1. The van der Waals surface area contributed by atoms with E-state index in [0.29, 0.717) is 0 Å². The lowest BCUT2D eigenvalue weighted by Crippen LogP contribution is -2.16. The Bertz CT molecular complexity index is 620. The van der Waals surface area contributed by atoms with E-state index in [9.17, 15) is 17.6 Å². The average molecular weight is 329 g/mol. The summed E-state index contributed by atoms with van der Waals surface area (Å²) >= 11 is 10.6. The molecule has 106 valence electrons. The van der Waals surface area contributed by atoms with Gasteiger partial charge in [-0.1, -0.05) is 36.2 Å². The lowest BCUT2D eigenvalue weighted by molar-refractivity contribution is 0.0695. The molecule has 0 spiro atoms. The molecule has 0 bridgehead atoms. The van der Waals surface area contributed by atoms with E-state index in [4.69, 9.17) is 28.3 Å². The number of carboxylic acids is 1. The number of aromatic carboxylic acids is 1. The lowest BCUT2D eigenvalue weighted by Gasteiger charge is -2.18. The van der Waals surface area contributed by atoms with Gasteiger partial charge in [0.15, 0.2) is 9.84 Å². The van der Waals surface area contributed by atoms with Crippen molar-refractivity contribution in [1.29, 1.82) is 0 Å². The molecule has 8 heteroatoms. The second-order valence-corrected chi connectivity index (χ2v) is 7.08. The molecule has 0 saturated heterocycles. The van der Waals surface area contributed by atoms with Gasteiger partial charge in [0.1, 0.15) is 0 Å². The molecule has 0 aliphatic rings. The van der Waals surface area contributed by atoms with Crippen LogP contribution in [0.1, 0.15) is 28.4 Å². The van der Waals surface area contributed by atoms with Crippen LogP contribution in [0.2, 0.25) is 0 Å². The van der Waals surface area contributed by atoms with Gasteiger partial charge < -0.3 is 5.11 Å². The summed E-state index contributed by atoms with van der Waals surface area (Å²) in [6.07, 6.45) is 0.928. The van der Waals surface area contributed by atoms with E-state index in [0.717, 1.165) is 18.4 Å². The van der Waals surface area contributed by atoms with Crippen molar-refractivity contribution in [2.24, 2.45) is 0 Å². The van der Waals surface area contributed by atoms with Crippen LogP contribution in [0.3, 0.4) is 0 Å². The summed E-state index contributed by atoms with van der Waals surface area (Å²) < 4.78 is 34.3. The highest BCUT2D eigenvalue weighted by Gasteiger charge is 2.34. The fourth-order valence-corrected chi connectivity index (χ4v) is 3.56. The first kappa shape index (κ1) is 16.2. The van der Waals surface area contributed by atoms with E-state index in [1.807, 2.05) is 0 Å². The van der Waals surface area contributed by atoms with Crippen LogP contribution < -0.4 is 0 Å². The van der Waals surface area contributed by atoms with Gasteiger partial charge in [-0.3, -0.25) is 0 Å². The van der Waals surface area contributed by atoms with Gasteiger partial charge in [-0.2, -0.15) is 0 Å². The Hall–Kier alpha value is -0.850. The van der Waals surface area contributed by atoms with Crippen molar-refractivity contribution in [3.8, 4) is 0 Å². The third kappa shape index (κ3) is 3.38. The van der Waals surface area contributed by atoms with Crippen LogP contribution in [0.15, 0.2) is 17.0 Å². The molecule has 1 aromatic rings. The van der Waals surface area contributed by atoms with E-state index in [-0.39, 0.29) is 17.5 Å². The predicted octanol–water partition coefficient (Wildman–Crippen LogP) is 2.91. The third-order valence-electron chi connectivity index (χ3n) is 2.52. The lowest BCUT2D eigenvalue weighted by atomic mass is 10.0. The third-order valence-corrected chi connectivity index (χ3v) is 4.14. The first-order valence-corrected chi connectivity index (χ1v) is 7.81. The van der Waals surface area contributed by atoms with Crippen molar-refractivity contribution in [3.63, 3.8) is 0 Å². The van der Waals surface area contributed by atoms with Crippen molar-refractivity contribution in [1.82, 2.24) is 0 Å². The fraction of sp³-hybridized carbons (Fsp3) is 0.364. The topological polar surface area (TPSA) is 71.4 Å². The molecule has 1 N–H and O–H groups in total. The van der Waals surface area contributed by atoms with Crippen molar-refractivity contribution < 1.29 is 22.7 Å². The van der Waals surface area contributed by atoms with Gasteiger partial charge in [-0.25, -0.2) is 17.6 Å². The van der Waals surface area contributed by atoms with E-state index in [1.165, 1.54) is 0 Å². The van der Waals surface area contributed by atoms with Crippen molar-refractivity contribution in [3.05, 3.63) is 28.8 Å². The SMILES string of the molecule is CCc1c(C(=O)O)ccc(C(F)(Cl)Cl)c1S(C)(=O)=O. The Balaban J connectivity index is 3.87. The first-order chi connectivity index (χ1) is 8.50. The molecule has 0 heterocycles. The Morgan fingerprint density at radius 3 is 2.26 bits per heavy atom. The van der Waals surface area contributed by atoms with Crippen LogP contribution in [0, 0.1) is 0 Å². The number of carboxylic acid groups (broad SMARTS) is 1. The average Bonchev–Trinajstić information content (AvgIpc) is 2.24. The van der Waals surface area contributed by atoms with Gasteiger partial charge in [0, 0.05) is 11.8 Å². The highest BCUT2D eigenvalue weighted by atomic mass is 35.5. The number of halogens is 3. The molecule has 19 heavy (non-hydrogen) atoms. The largest absolute Gasteiger partial charge is 0.478 e. The number of sulfone groups is 1. The summed E-state index contributed by atoms with van der Waals surface area (Å²) in [6.45, 7) is 1.56. The maximum atomic E-state index is 13.7. The summed E-state index contributed by atoms with van der Waals surface area (Å²) in [5, 5.41) is 9.03. The Morgan fingerprint density at radius 2 is 1.95 bits per heavy atom. The molecule has 1 rings (SSSR count). The zero-order valence-corrected chi connectivity index (χ0v) is 12.4. The molecule has 0 atom stereocenters. The number of alkyl halides is 3. The van der Waals surface area contributed by atoms with Crippen LogP contribution >= 0.6 is 23.2 Å². The predicted molar refractivity (Wildman–Crippen MR) is 70.4 cm³/mol. The fourth-order valence-electron chi connectivity index (χ4n) is 1.83. The molecule has 0 amide bonds. The number of hydrogen-bond acceptors (Lipinski definition) is 3. The summed E-state index contributed by atoms with van der Waals surface area (Å²) in [7, 11) is -3.89. The van der Waals surface area contributed by atoms with Gasteiger partial charge in [-0.05, 0) is 18.1 Å². The minimum absolute atomic E-state index is 0.0178. The van der Waals surface area contributed by atoms with E-state index in [2.05, 4.69) is 0 Å². The molecule has 0 aliphatic carbocycles. The van der Waals surface area contributed by atoms with Crippen molar-refractivity contribution >= 4 is 39.0 Å². The Kier molecular flexibility index (Phi) is 4.49. The summed E-state index contributed by atoms with van der Waals surface area (Å²) in [4.78, 5) is 10.6. The summed E-state index contributed by atoms with van der Waals surface area (Å²) in [5.74, 6) is -1.30. The standard InChI is InChI=1S/C11H11Cl2FO4S/c1-3-6-7(10(15)16)4-5-8(11(12,13)14)9(6)19(2,17)18/h4-5H,3H2,1-2H3,(H,15,16). The molecular weight excluding hydrogens is 318 g/mol. The minimum atomic E-state index is -3.89. The highest BCUT2D eigenvalue weighted by Crippen LogP contribution is 2.41. The maximum absolute atomic E-state index is 13.7. The molecule has 0 radical (unpaired) electrons. The van der Waals surface area contributed by atoms with Crippen LogP contribution in [-0.4, -0.2) is 25.7 Å². The van der Waals surface area contributed by atoms with Crippen LogP contribution in [0.25, 0.3) is 0 Å². The van der Waals surface area contributed by atoms with Gasteiger partial charge in [0.25, 0.3) is 4.59 Å². The van der Waals surface area contributed by atoms with Crippen molar-refractivity contribution in [2.75, 3.05) is 6.26 Å². The van der Waals surface area contributed by atoms with Gasteiger partial charge in [-0.15, -0.1) is 0 Å². The number of rotatable bonds is 4. The highest BCUT2D eigenvalue weighted by molar-refractivity contribution is 7.90. The molecule has 4 nitrogen and oxygen atoms in total. The quantitative estimate of drug-likeness (QED) is 0.862. The zero-order chi connectivity index (χ0) is 15.0. The molecular formula is C11H11Cl2FO4S. The zero-order valence-electron chi connectivity index (χ0n) is 10.1. The monoisotopic (exact) mass is 328 g/mol. The Labute approximate surface area is 120 Å². The summed E-state index contributed by atoms with van der Waals surface area (Å²) in [5.41, 5.74) is -0.708. The number of benzene rings is 1. The normalized spacial score (nSPS) is 12.5. The molecule has 0 aromatic heterocycles. The molecule has 0 unspecified atom stereocenters. The van der Waals surface area contributed by atoms with Gasteiger partial charge >= 0.3 is 5.97 Å². The second kappa shape index (κ2) is 5.26. The minimum Gasteiger partial charge on any atom is -0.478 e. The van der Waals surface area contributed by atoms with Gasteiger partial charge in [0.2, 0.25) is 0 Å². The molecule has 1 aromatic carbocycles.